The van der Waals surface area contributed by atoms with E-state index in [2.05, 4.69) is 19.9 Å². The highest BCUT2D eigenvalue weighted by molar-refractivity contribution is 7.71. The first-order chi connectivity index (χ1) is 5.77. The van der Waals surface area contributed by atoms with E-state index in [1.54, 1.807) is 0 Å². The first-order valence-electron chi connectivity index (χ1n) is 3.20. The summed E-state index contributed by atoms with van der Waals surface area (Å²) < 4.78 is 0.270. The number of nitrogens with zero attached hydrogens (tertiary/aromatic N) is 2. The van der Waals surface area contributed by atoms with Crippen LogP contribution in [0.3, 0.4) is 0 Å². The third kappa shape index (κ3) is 1.02. The molecule has 6 heteroatoms. The number of hydrogen-bond donors (Lipinski definition) is 2. The lowest BCUT2D eigenvalue weighted by molar-refractivity contribution is 1.09. The molecule has 60 valence electrons. The first-order valence-corrected chi connectivity index (χ1v) is 3.60. The van der Waals surface area contributed by atoms with Gasteiger partial charge in [-0.25, -0.2) is 9.97 Å². The molecule has 0 atom stereocenters. The maximum atomic E-state index is 11.2. The third-order valence-corrected chi connectivity index (χ3v) is 1.62. The van der Waals surface area contributed by atoms with Gasteiger partial charge >= 0.3 is 0 Å². The maximum absolute atomic E-state index is 11.2. The fraction of sp³-hybridized carbons (Fsp3) is 0. The molecule has 2 aromatic heterocycles. The van der Waals surface area contributed by atoms with E-state index in [1.807, 2.05) is 0 Å². The fourth-order valence-corrected chi connectivity index (χ4v) is 1.09. The smallest absolute Gasteiger partial charge is 0.262 e. The molecule has 2 rings (SSSR count). The van der Waals surface area contributed by atoms with Gasteiger partial charge in [-0.2, -0.15) is 0 Å². The Hall–Kier alpha value is -1.56. The van der Waals surface area contributed by atoms with E-state index in [1.165, 1.54) is 12.5 Å². The Bertz CT molecular complexity index is 529. The minimum atomic E-state index is -0.269. The van der Waals surface area contributed by atoms with Crippen molar-refractivity contribution in [1.82, 2.24) is 19.9 Å². The van der Waals surface area contributed by atoms with Crippen molar-refractivity contribution in [3.63, 3.8) is 0 Å². The highest BCUT2D eigenvalue weighted by Crippen LogP contribution is 1.96. The third-order valence-electron chi connectivity index (χ3n) is 1.42. The highest BCUT2D eigenvalue weighted by atomic mass is 32.1. The normalized spacial score (nSPS) is 10.3. The average molecular weight is 180 g/mol. The van der Waals surface area contributed by atoms with Crippen LogP contribution in [0.2, 0.25) is 0 Å². The van der Waals surface area contributed by atoms with Crippen LogP contribution in [0, 0.1) is 4.77 Å². The second kappa shape index (κ2) is 2.49. The quantitative estimate of drug-likeness (QED) is 0.574. The number of nitrogens with one attached hydrogen (secondary N) is 2. The summed E-state index contributed by atoms with van der Waals surface area (Å²) in [6.45, 7) is 0. The van der Waals surface area contributed by atoms with Gasteiger partial charge in [0.1, 0.15) is 17.4 Å². The van der Waals surface area contributed by atoms with Gasteiger partial charge in [-0.1, -0.05) is 0 Å². The topological polar surface area (TPSA) is 74.4 Å². The molecule has 5 nitrogen and oxygen atoms in total. The number of H-pyrrole nitrogens is 2. The minimum absolute atomic E-state index is 0.269. The van der Waals surface area contributed by atoms with E-state index in [-0.39, 0.29) is 10.3 Å². The molecule has 0 amide bonds. The van der Waals surface area contributed by atoms with Crippen LogP contribution in [0.5, 0.6) is 0 Å². The summed E-state index contributed by atoms with van der Waals surface area (Å²) in [5, 5.41) is 0.408. The second-order valence-electron chi connectivity index (χ2n) is 2.19. The van der Waals surface area contributed by atoms with Gasteiger partial charge in [0.2, 0.25) is 0 Å². The molecule has 0 fully saturated rings. The lowest BCUT2D eigenvalue weighted by atomic mass is 10.4. The van der Waals surface area contributed by atoms with Crippen LogP contribution in [-0.4, -0.2) is 19.9 Å². The monoisotopic (exact) mass is 180 g/mol. The van der Waals surface area contributed by atoms with Crippen molar-refractivity contribution in [3.05, 3.63) is 27.6 Å². The first kappa shape index (κ1) is 7.11. The van der Waals surface area contributed by atoms with Crippen LogP contribution in [-0.2, 0) is 0 Å². The second-order valence-corrected chi connectivity index (χ2v) is 2.60. The Labute approximate surface area is 71.5 Å². The minimum Gasteiger partial charge on any atom is -0.316 e. The summed E-state index contributed by atoms with van der Waals surface area (Å²) >= 11 is 4.76. The molecule has 2 N–H and O–H groups in total. The predicted octanol–water partition coefficient (Wildman–Crippen LogP) is 0.376. The highest BCUT2D eigenvalue weighted by Gasteiger charge is 1.97. The van der Waals surface area contributed by atoms with Crippen LogP contribution in [0.4, 0.5) is 0 Å². The van der Waals surface area contributed by atoms with Gasteiger partial charge in [-0.05, 0) is 12.2 Å². The van der Waals surface area contributed by atoms with E-state index < -0.39 is 0 Å². The Kier molecular flexibility index (Phi) is 1.47. The van der Waals surface area contributed by atoms with E-state index in [0.29, 0.717) is 11.0 Å². The molecule has 0 aliphatic rings. The zero-order valence-corrected chi connectivity index (χ0v) is 6.68. The number of aromatic nitrogens is 4. The van der Waals surface area contributed by atoms with Gasteiger partial charge in [-0.15, -0.1) is 0 Å². The largest absolute Gasteiger partial charge is 0.316 e. The molecular formula is C6H4N4OS. The van der Waals surface area contributed by atoms with Crippen LogP contribution in [0.25, 0.3) is 11.0 Å². The fourth-order valence-electron chi connectivity index (χ4n) is 0.905. The summed E-state index contributed by atoms with van der Waals surface area (Å²) in [5.74, 6) is 0. The Morgan fingerprint density at radius 3 is 3.08 bits per heavy atom. The van der Waals surface area contributed by atoms with E-state index in [4.69, 9.17) is 12.2 Å². The molecule has 0 spiro atoms. The maximum Gasteiger partial charge on any atom is 0.262 e. The number of aromatic amines is 2. The molecule has 0 aliphatic heterocycles. The Morgan fingerprint density at radius 1 is 1.42 bits per heavy atom. The lowest BCUT2D eigenvalue weighted by Crippen LogP contribution is -2.08. The number of rotatable bonds is 0. The molecule has 2 aromatic rings. The number of hydrogen-bond acceptors (Lipinski definition) is 4. The van der Waals surface area contributed by atoms with Gasteiger partial charge in [0, 0.05) is 6.20 Å². The molecule has 0 saturated carbocycles. The molecule has 12 heavy (non-hydrogen) atoms. The molecular weight excluding hydrogens is 176 g/mol. The van der Waals surface area contributed by atoms with Crippen molar-refractivity contribution in [2.24, 2.45) is 0 Å². The van der Waals surface area contributed by atoms with E-state index >= 15 is 0 Å². The Morgan fingerprint density at radius 2 is 2.25 bits per heavy atom. The van der Waals surface area contributed by atoms with Crippen molar-refractivity contribution < 1.29 is 0 Å². The molecule has 2 heterocycles. The zero-order chi connectivity index (χ0) is 8.55. The molecule has 0 aliphatic carbocycles. The van der Waals surface area contributed by atoms with Gasteiger partial charge < -0.3 is 4.98 Å². The summed E-state index contributed by atoms with van der Waals surface area (Å²) in [7, 11) is 0. The summed E-state index contributed by atoms with van der Waals surface area (Å²) in [5.41, 5.74) is 0.188. The lowest BCUT2D eigenvalue weighted by Gasteiger charge is -1.92. The van der Waals surface area contributed by atoms with Gasteiger partial charge in [-0.3, -0.25) is 9.78 Å². The Balaban J connectivity index is 3.09. The molecule has 0 saturated heterocycles. The van der Waals surface area contributed by atoms with Crippen LogP contribution >= 0.6 is 12.2 Å². The van der Waals surface area contributed by atoms with Crippen molar-refractivity contribution in [2.75, 3.05) is 0 Å². The van der Waals surface area contributed by atoms with Gasteiger partial charge in [0.25, 0.3) is 5.56 Å². The van der Waals surface area contributed by atoms with Crippen LogP contribution in [0.1, 0.15) is 0 Å². The van der Waals surface area contributed by atoms with Gasteiger partial charge in [0.15, 0.2) is 4.77 Å². The predicted molar refractivity (Wildman–Crippen MR) is 45.3 cm³/mol. The SMILES string of the molecule is O=c1[nH]c(=S)[nH]c2ncncc12. The summed E-state index contributed by atoms with van der Waals surface area (Å²) in [6.07, 6.45) is 2.79. The van der Waals surface area contributed by atoms with E-state index in [9.17, 15) is 4.79 Å². The van der Waals surface area contributed by atoms with Crippen LogP contribution < -0.4 is 5.56 Å². The molecule has 0 aromatic carbocycles. The van der Waals surface area contributed by atoms with Crippen LogP contribution in [0.15, 0.2) is 17.3 Å². The van der Waals surface area contributed by atoms with Crippen molar-refractivity contribution >= 4 is 23.3 Å². The van der Waals surface area contributed by atoms with Crippen molar-refractivity contribution in [2.45, 2.75) is 0 Å². The summed E-state index contributed by atoms with van der Waals surface area (Å²) in [4.78, 5) is 23.9. The molecule has 0 bridgehead atoms. The van der Waals surface area contributed by atoms with Gasteiger partial charge in [0.05, 0.1) is 0 Å². The average Bonchev–Trinajstić information content (AvgIpc) is 2.04. The zero-order valence-electron chi connectivity index (χ0n) is 5.87. The van der Waals surface area contributed by atoms with Crippen molar-refractivity contribution in [1.29, 1.82) is 0 Å². The van der Waals surface area contributed by atoms with Crippen molar-refractivity contribution in [3.8, 4) is 0 Å². The summed E-state index contributed by atoms with van der Waals surface area (Å²) in [6, 6.07) is 0. The standard InChI is InChI=1S/C6H4N4OS/c11-5-3-1-7-2-8-4(3)9-6(12)10-5/h1-2H,(H2,7,8,9,10,11,12). The number of fused-ring (bicyclic) bond motifs is 1. The molecule has 0 radical (unpaired) electrons. The van der Waals surface area contributed by atoms with E-state index in [0.717, 1.165) is 0 Å². The molecule has 0 unspecified atom stereocenters.